The summed E-state index contributed by atoms with van der Waals surface area (Å²) in [7, 11) is 1.73. The van der Waals surface area contributed by atoms with E-state index in [1.54, 1.807) is 7.11 Å². The van der Waals surface area contributed by atoms with Gasteiger partial charge in [-0.3, -0.25) is 0 Å². The van der Waals surface area contributed by atoms with E-state index in [0.717, 1.165) is 18.7 Å². The molecule has 2 heteroatoms. The van der Waals surface area contributed by atoms with Crippen LogP contribution in [0.4, 0.5) is 0 Å². The first-order chi connectivity index (χ1) is 7.10. The minimum atomic E-state index is 0.501. The normalized spacial score (nSPS) is 12.6. The summed E-state index contributed by atoms with van der Waals surface area (Å²) in [4.78, 5) is 0. The van der Waals surface area contributed by atoms with Crippen molar-refractivity contribution in [2.24, 2.45) is 11.7 Å². The van der Waals surface area contributed by atoms with E-state index in [9.17, 15) is 0 Å². The van der Waals surface area contributed by atoms with Gasteiger partial charge in [-0.15, -0.1) is 0 Å². The van der Waals surface area contributed by atoms with Gasteiger partial charge in [0.05, 0.1) is 7.11 Å². The quantitative estimate of drug-likeness (QED) is 0.823. The lowest BCUT2D eigenvalue weighted by Crippen LogP contribution is -2.13. The van der Waals surface area contributed by atoms with Gasteiger partial charge in [-0.05, 0) is 49.4 Å². The van der Waals surface area contributed by atoms with Crippen LogP contribution in [-0.2, 0) is 6.42 Å². The maximum Gasteiger partial charge on any atom is 0.125 e. The van der Waals surface area contributed by atoms with Gasteiger partial charge in [0.25, 0.3) is 0 Å². The average Bonchev–Trinajstić information content (AvgIpc) is 2.24. The smallest absolute Gasteiger partial charge is 0.125 e. The molecule has 0 amide bonds. The van der Waals surface area contributed by atoms with Gasteiger partial charge < -0.3 is 10.5 Å². The van der Waals surface area contributed by atoms with E-state index in [2.05, 4.69) is 32.9 Å². The van der Waals surface area contributed by atoms with Crippen molar-refractivity contribution in [2.45, 2.75) is 27.2 Å². The van der Waals surface area contributed by atoms with E-state index in [1.165, 1.54) is 16.7 Å². The Kier molecular flexibility index (Phi) is 4.15. The van der Waals surface area contributed by atoms with Crippen molar-refractivity contribution in [3.63, 3.8) is 0 Å². The molecular weight excluding hydrogens is 186 g/mol. The number of hydrogen-bond donors (Lipinski definition) is 1. The van der Waals surface area contributed by atoms with Gasteiger partial charge in [-0.2, -0.15) is 0 Å². The molecule has 0 radical (unpaired) electrons. The molecule has 2 N–H and O–H groups in total. The predicted octanol–water partition coefficient (Wildman–Crippen LogP) is 2.45. The number of methoxy groups -OCH3 is 1. The first-order valence-electron chi connectivity index (χ1n) is 5.43. The van der Waals surface area contributed by atoms with E-state index < -0.39 is 0 Å². The van der Waals surface area contributed by atoms with Gasteiger partial charge in [0.15, 0.2) is 0 Å². The van der Waals surface area contributed by atoms with Crippen molar-refractivity contribution < 1.29 is 4.74 Å². The van der Waals surface area contributed by atoms with Crippen molar-refractivity contribution >= 4 is 0 Å². The molecule has 0 aliphatic heterocycles. The van der Waals surface area contributed by atoms with E-state index in [1.807, 2.05) is 0 Å². The zero-order valence-electron chi connectivity index (χ0n) is 10.1. The van der Waals surface area contributed by atoms with Gasteiger partial charge >= 0.3 is 0 Å². The molecule has 1 atom stereocenters. The van der Waals surface area contributed by atoms with Gasteiger partial charge in [-0.25, -0.2) is 0 Å². The molecule has 84 valence electrons. The Labute approximate surface area is 92.4 Å². The van der Waals surface area contributed by atoms with Crippen molar-refractivity contribution in [1.82, 2.24) is 0 Å². The predicted molar refractivity (Wildman–Crippen MR) is 64.4 cm³/mol. The van der Waals surface area contributed by atoms with Crippen LogP contribution in [0.25, 0.3) is 0 Å². The Hall–Kier alpha value is -1.02. The molecule has 0 aromatic heterocycles. The Morgan fingerprint density at radius 3 is 2.53 bits per heavy atom. The van der Waals surface area contributed by atoms with Crippen molar-refractivity contribution in [3.05, 3.63) is 28.8 Å². The number of aryl methyl sites for hydroxylation is 1. The molecule has 0 aliphatic rings. The monoisotopic (exact) mass is 207 g/mol. The van der Waals surface area contributed by atoms with Crippen molar-refractivity contribution in [3.8, 4) is 5.75 Å². The molecule has 1 aromatic carbocycles. The standard InChI is InChI=1S/C13H21NO/c1-9(8-14)7-12-6-5-10(2)11(3)13(12)15-4/h5-6,9H,7-8,14H2,1-4H3. The highest BCUT2D eigenvalue weighted by Gasteiger charge is 2.10. The molecule has 0 bridgehead atoms. The number of rotatable bonds is 4. The molecule has 1 aromatic rings. The van der Waals surface area contributed by atoms with Crippen LogP contribution in [0, 0.1) is 19.8 Å². The Bertz CT molecular complexity index is 334. The fourth-order valence-corrected chi connectivity index (χ4v) is 1.75. The lowest BCUT2D eigenvalue weighted by atomic mass is 9.96. The number of hydrogen-bond acceptors (Lipinski definition) is 2. The largest absolute Gasteiger partial charge is 0.496 e. The summed E-state index contributed by atoms with van der Waals surface area (Å²) < 4.78 is 5.46. The molecule has 1 rings (SSSR count). The third-order valence-corrected chi connectivity index (χ3v) is 2.93. The molecule has 0 saturated carbocycles. The summed E-state index contributed by atoms with van der Waals surface area (Å²) in [6, 6.07) is 4.30. The minimum absolute atomic E-state index is 0.501. The van der Waals surface area contributed by atoms with Crippen molar-refractivity contribution in [1.29, 1.82) is 0 Å². The third-order valence-electron chi connectivity index (χ3n) is 2.93. The van der Waals surface area contributed by atoms with Crippen LogP contribution in [0.1, 0.15) is 23.6 Å². The van der Waals surface area contributed by atoms with Gasteiger partial charge in [0.1, 0.15) is 5.75 Å². The molecule has 2 nitrogen and oxygen atoms in total. The van der Waals surface area contributed by atoms with Crippen LogP contribution in [0.5, 0.6) is 5.75 Å². The SMILES string of the molecule is COc1c(CC(C)CN)ccc(C)c1C. The van der Waals surface area contributed by atoms with Crippen LogP contribution in [0.3, 0.4) is 0 Å². The van der Waals surface area contributed by atoms with Crippen molar-refractivity contribution in [2.75, 3.05) is 13.7 Å². The van der Waals surface area contributed by atoms with E-state index >= 15 is 0 Å². The van der Waals surface area contributed by atoms with Crippen LogP contribution in [0.15, 0.2) is 12.1 Å². The Morgan fingerprint density at radius 2 is 2.00 bits per heavy atom. The third kappa shape index (κ3) is 2.72. The molecule has 0 fully saturated rings. The zero-order valence-corrected chi connectivity index (χ0v) is 10.1. The molecule has 0 aliphatic carbocycles. The first kappa shape index (κ1) is 12.1. The molecule has 1 unspecified atom stereocenters. The topological polar surface area (TPSA) is 35.2 Å². The van der Waals surface area contributed by atoms with Crippen LogP contribution in [-0.4, -0.2) is 13.7 Å². The fraction of sp³-hybridized carbons (Fsp3) is 0.538. The molecule has 15 heavy (non-hydrogen) atoms. The summed E-state index contributed by atoms with van der Waals surface area (Å²) in [5, 5.41) is 0. The fourth-order valence-electron chi connectivity index (χ4n) is 1.75. The van der Waals surface area contributed by atoms with Crippen LogP contribution in [0.2, 0.25) is 0 Å². The first-order valence-corrected chi connectivity index (χ1v) is 5.43. The van der Waals surface area contributed by atoms with Gasteiger partial charge in [0.2, 0.25) is 0 Å². The summed E-state index contributed by atoms with van der Waals surface area (Å²) in [6.07, 6.45) is 0.987. The highest BCUT2D eigenvalue weighted by molar-refractivity contribution is 5.45. The minimum Gasteiger partial charge on any atom is -0.496 e. The van der Waals surface area contributed by atoms with E-state index in [-0.39, 0.29) is 0 Å². The lowest BCUT2D eigenvalue weighted by Gasteiger charge is -2.15. The second kappa shape index (κ2) is 5.17. The maximum atomic E-state index is 5.64. The summed E-state index contributed by atoms with van der Waals surface area (Å²) >= 11 is 0. The summed E-state index contributed by atoms with van der Waals surface area (Å²) in [5.74, 6) is 1.52. The number of nitrogens with two attached hydrogens (primary N) is 1. The summed E-state index contributed by atoms with van der Waals surface area (Å²) in [5.41, 5.74) is 9.41. The molecular formula is C13H21NO. The summed E-state index contributed by atoms with van der Waals surface area (Å²) in [6.45, 7) is 7.09. The Morgan fingerprint density at radius 1 is 1.33 bits per heavy atom. The van der Waals surface area contributed by atoms with E-state index in [4.69, 9.17) is 10.5 Å². The highest BCUT2D eigenvalue weighted by atomic mass is 16.5. The molecule has 0 heterocycles. The Balaban J connectivity index is 3.02. The maximum absolute atomic E-state index is 5.64. The molecule has 0 spiro atoms. The molecule has 0 saturated heterocycles. The van der Waals surface area contributed by atoms with Gasteiger partial charge in [0, 0.05) is 0 Å². The second-order valence-electron chi connectivity index (χ2n) is 4.24. The second-order valence-corrected chi connectivity index (χ2v) is 4.24. The highest BCUT2D eigenvalue weighted by Crippen LogP contribution is 2.27. The number of benzene rings is 1. The van der Waals surface area contributed by atoms with Crippen LogP contribution < -0.4 is 10.5 Å². The number of ether oxygens (including phenoxy) is 1. The zero-order chi connectivity index (χ0) is 11.4. The average molecular weight is 207 g/mol. The van der Waals surface area contributed by atoms with E-state index in [0.29, 0.717) is 5.92 Å². The lowest BCUT2D eigenvalue weighted by molar-refractivity contribution is 0.402. The van der Waals surface area contributed by atoms with Crippen LogP contribution >= 0.6 is 0 Å². The van der Waals surface area contributed by atoms with Gasteiger partial charge in [-0.1, -0.05) is 19.1 Å².